The zero-order valence-electron chi connectivity index (χ0n) is 16.8. The highest BCUT2D eigenvalue weighted by Gasteiger charge is 2.13. The van der Waals surface area contributed by atoms with Crippen LogP contribution >= 0.6 is 0 Å². The van der Waals surface area contributed by atoms with Crippen LogP contribution in [0.2, 0.25) is 0 Å². The van der Waals surface area contributed by atoms with Gasteiger partial charge in [-0.15, -0.1) is 0 Å². The van der Waals surface area contributed by atoms with E-state index in [0.29, 0.717) is 22.6 Å². The predicted octanol–water partition coefficient (Wildman–Crippen LogP) is 5.75. The standard InChI is InChI=1S/C26H22O4/c1-17-3-11-23(12-4-17)29-25(27)21-9-7-20-16-22(10-8-19(20)15-21)26(28)30-24-13-5-18(2)6-14-24/h3-16,25,27H,1-2H3. The van der Waals surface area contributed by atoms with Crippen LogP contribution in [0.25, 0.3) is 10.8 Å². The van der Waals surface area contributed by atoms with Crippen LogP contribution < -0.4 is 9.47 Å². The normalized spacial score (nSPS) is 11.8. The third kappa shape index (κ3) is 4.50. The fourth-order valence-electron chi connectivity index (χ4n) is 3.13. The van der Waals surface area contributed by atoms with Crippen molar-refractivity contribution in [1.29, 1.82) is 0 Å². The number of esters is 1. The van der Waals surface area contributed by atoms with Crippen LogP contribution in [0.15, 0.2) is 84.9 Å². The lowest BCUT2D eigenvalue weighted by Gasteiger charge is -2.15. The monoisotopic (exact) mass is 398 g/mol. The lowest BCUT2D eigenvalue weighted by atomic mass is 10.0. The molecule has 4 rings (SSSR count). The van der Waals surface area contributed by atoms with Crippen molar-refractivity contribution in [2.75, 3.05) is 0 Å². The Labute approximate surface area is 175 Å². The molecular weight excluding hydrogens is 376 g/mol. The Hall–Kier alpha value is -3.63. The predicted molar refractivity (Wildman–Crippen MR) is 117 cm³/mol. The zero-order valence-corrected chi connectivity index (χ0v) is 16.8. The van der Waals surface area contributed by atoms with E-state index >= 15 is 0 Å². The van der Waals surface area contributed by atoms with Gasteiger partial charge < -0.3 is 14.6 Å². The van der Waals surface area contributed by atoms with Crippen molar-refractivity contribution in [2.24, 2.45) is 0 Å². The average Bonchev–Trinajstić information content (AvgIpc) is 2.76. The minimum atomic E-state index is -1.08. The van der Waals surface area contributed by atoms with Gasteiger partial charge in [-0.1, -0.05) is 53.6 Å². The van der Waals surface area contributed by atoms with Gasteiger partial charge in [0, 0.05) is 5.56 Å². The highest BCUT2D eigenvalue weighted by molar-refractivity contribution is 5.96. The maximum atomic E-state index is 12.5. The summed E-state index contributed by atoms with van der Waals surface area (Å²) in [6.45, 7) is 3.97. The lowest BCUT2D eigenvalue weighted by molar-refractivity contribution is -0.0193. The van der Waals surface area contributed by atoms with E-state index in [1.807, 2.05) is 68.4 Å². The first-order valence-electron chi connectivity index (χ1n) is 9.72. The van der Waals surface area contributed by atoms with Gasteiger partial charge in [0.15, 0.2) is 0 Å². The molecule has 1 N–H and O–H groups in total. The maximum Gasteiger partial charge on any atom is 0.343 e. The molecule has 150 valence electrons. The van der Waals surface area contributed by atoms with Crippen molar-refractivity contribution in [2.45, 2.75) is 20.1 Å². The number of aliphatic hydroxyl groups excluding tert-OH is 1. The van der Waals surface area contributed by atoms with Crippen LogP contribution in [-0.2, 0) is 0 Å². The fourth-order valence-corrected chi connectivity index (χ4v) is 3.13. The van der Waals surface area contributed by atoms with E-state index in [1.165, 1.54) is 0 Å². The van der Waals surface area contributed by atoms with E-state index in [9.17, 15) is 9.90 Å². The van der Waals surface area contributed by atoms with E-state index in [-0.39, 0.29) is 0 Å². The molecule has 1 atom stereocenters. The molecule has 0 bridgehead atoms. The van der Waals surface area contributed by atoms with Crippen LogP contribution in [0, 0.1) is 13.8 Å². The molecule has 0 saturated carbocycles. The second kappa shape index (κ2) is 8.39. The van der Waals surface area contributed by atoms with E-state index < -0.39 is 12.3 Å². The first kappa shape index (κ1) is 19.7. The third-order valence-electron chi connectivity index (χ3n) is 4.89. The number of benzene rings is 4. The molecule has 0 spiro atoms. The summed E-state index contributed by atoms with van der Waals surface area (Å²) in [6.07, 6.45) is -1.08. The average molecular weight is 398 g/mol. The second-order valence-corrected chi connectivity index (χ2v) is 7.31. The molecular formula is C26H22O4. The van der Waals surface area contributed by atoms with Gasteiger partial charge in [0.1, 0.15) is 11.5 Å². The molecule has 4 heteroatoms. The molecule has 0 amide bonds. The molecule has 0 aromatic heterocycles. The summed E-state index contributed by atoms with van der Waals surface area (Å²) >= 11 is 0. The summed E-state index contributed by atoms with van der Waals surface area (Å²) in [5, 5.41) is 12.2. The molecule has 1 unspecified atom stereocenters. The highest BCUT2D eigenvalue weighted by Crippen LogP contribution is 2.25. The number of ether oxygens (including phenoxy) is 2. The van der Waals surface area contributed by atoms with E-state index in [2.05, 4.69) is 0 Å². The fraction of sp³-hybridized carbons (Fsp3) is 0.115. The minimum absolute atomic E-state index is 0.410. The number of hydrogen-bond donors (Lipinski definition) is 1. The van der Waals surface area contributed by atoms with Crippen molar-refractivity contribution in [1.82, 2.24) is 0 Å². The Morgan fingerprint density at radius 1 is 0.733 bits per heavy atom. The molecule has 0 saturated heterocycles. The molecule has 0 aliphatic carbocycles. The molecule has 4 aromatic rings. The Balaban J connectivity index is 1.50. The number of aryl methyl sites for hydroxylation is 2. The maximum absolute atomic E-state index is 12.5. The van der Waals surface area contributed by atoms with Gasteiger partial charge >= 0.3 is 5.97 Å². The number of carbonyl (C=O) groups excluding carboxylic acids is 1. The Morgan fingerprint density at radius 3 is 1.97 bits per heavy atom. The van der Waals surface area contributed by atoms with Crippen molar-refractivity contribution >= 4 is 16.7 Å². The van der Waals surface area contributed by atoms with Crippen LogP contribution in [0.1, 0.15) is 33.3 Å². The molecule has 4 nitrogen and oxygen atoms in total. The topological polar surface area (TPSA) is 55.8 Å². The first-order valence-corrected chi connectivity index (χ1v) is 9.72. The van der Waals surface area contributed by atoms with Crippen LogP contribution in [0.5, 0.6) is 11.5 Å². The number of hydrogen-bond acceptors (Lipinski definition) is 4. The number of fused-ring (bicyclic) bond motifs is 1. The van der Waals surface area contributed by atoms with Crippen LogP contribution in [0.3, 0.4) is 0 Å². The van der Waals surface area contributed by atoms with Gasteiger partial charge in [-0.2, -0.15) is 0 Å². The second-order valence-electron chi connectivity index (χ2n) is 7.31. The molecule has 0 heterocycles. The molecule has 4 aromatic carbocycles. The van der Waals surface area contributed by atoms with Crippen molar-refractivity contribution in [3.8, 4) is 11.5 Å². The number of aliphatic hydroxyl groups is 1. The van der Waals surface area contributed by atoms with Gasteiger partial charge in [0.05, 0.1) is 5.56 Å². The first-order chi connectivity index (χ1) is 14.5. The van der Waals surface area contributed by atoms with Gasteiger partial charge in [-0.3, -0.25) is 0 Å². The van der Waals surface area contributed by atoms with Crippen LogP contribution in [-0.4, -0.2) is 11.1 Å². The number of carbonyl (C=O) groups is 1. The van der Waals surface area contributed by atoms with E-state index in [4.69, 9.17) is 9.47 Å². The Bertz CT molecular complexity index is 1180. The van der Waals surface area contributed by atoms with Gasteiger partial charge in [0.2, 0.25) is 6.29 Å². The number of rotatable bonds is 5. The molecule has 0 radical (unpaired) electrons. The largest absolute Gasteiger partial charge is 0.461 e. The summed E-state index contributed by atoms with van der Waals surface area (Å²) in [4.78, 5) is 12.5. The van der Waals surface area contributed by atoms with Gasteiger partial charge in [-0.05, 0) is 67.1 Å². The smallest absolute Gasteiger partial charge is 0.343 e. The summed E-state index contributed by atoms with van der Waals surface area (Å²) in [5.74, 6) is 0.701. The minimum Gasteiger partial charge on any atom is -0.461 e. The molecule has 30 heavy (non-hydrogen) atoms. The van der Waals surface area contributed by atoms with Crippen molar-refractivity contribution < 1.29 is 19.4 Å². The van der Waals surface area contributed by atoms with E-state index in [0.717, 1.165) is 21.9 Å². The Morgan fingerprint density at radius 2 is 1.30 bits per heavy atom. The molecule has 0 aliphatic heterocycles. The summed E-state index contributed by atoms with van der Waals surface area (Å²) in [7, 11) is 0. The lowest BCUT2D eigenvalue weighted by Crippen LogP contribution is -2.08. The molecule has 0 aliphatic rings. The highest BCUT2D eigenvalue weighted by atomic mass is 16.6. The SMILES string of the molecule is Cc1ccc(OC(=O)c2ccc3cc(C(O)Oc4ccc(C)cc4)ccc3c2)cc1. The van der Waals surface area contributed by atoms with Crippen molar-refractivity contribution in [3.05, 3.63) is 107 Å². The van der Waals surface area contributed by atoms with E-state index in [1.54, 1.807) is 30.3 Å². The van der Waals surface area contributed by atoms with Crippen molar-refractivity contribution in [3.63, 3.8) is 0 Å². The summed E-state index contributed by atoms with van der Waals surface area (Å²) in [6, 6.07) is 25.7. The Kier molecular flexibility index (Phi) is 5.50. The van der Waals surface area contributed by atoms with Gasteiger partial charge in [-0.25, -0.2) is 4.79 Å². The molecule has 0 fully saturated rings. The summed E-state index contributed by atoms with van der Waals surface area (Å²) in [5.41, 5.74) is 3.33. The summed E-state index contributed by atoms with van der Waals surface area (Å²) < 4.78 is 11.1. The van der Waals surface area contributed by atoms with Crippen LogP contribution in [0.4, 0.5) is 0 Å². The van der Waals surface area contributed by atoms with Gasteiger partial charge in [0.25, 0.3) is 0 Å². The quantitative estimate of drug-likeness (QED) is 0.264. The zero-order chi connectivity index (χ0) is 21.1. The third-order valence-corrected chi connectivity index (χ3v) is 4.89.